The van der Waals surface area contributed by atoms with Crippen LogP contribution in [-0.4, -0.2) is 53.8 Å². The second kappa shape index (κ2) is 7.47. The van der Waals surface area contributed by atoms with Crippen molar-refractivity contribution in [3.05, 3.63) is 41.0 Å². The van der Waals surface area contributed by atoms with E-state index in [0.29, 0.717) is 35.7 Å². The third kappa shape index (κ3) is 3.45. The summed E-state index contributed by atoms with van der Waals surface area (Å²) in [4.78, 5) is 26.0. The molecule has 2 aromatic rings. The third-order valence-corrected chi connectivity index (χ3v) is 4.94. The first-order chi connectivity index (χ1) is 12.5. The minimum absolute atomic E-state index is 0.0514. The van der Waals surface area contributed by atoms with Crippen LogP contribution in [-0.2, 0) is 9.53 Å². The number of carbonyl (C=O) groups excluding carboxylic acids is 1. The first-order valence-corrected chi connectivity index (χ1v) is 8.58. The van der Waals surface area contributed by atoms with Crippen molar-refractivity contribution in [3.63, 3.8) is 0 Å². The minimum atomic E-state index is -1.10. The number of benzene rings is 1. The van der Waals surface area contributed by atoms with Crippen molar-refractivity contribution in [2.75, 3.05) is 26.8 Å². The van der Waals surface area contributed by atoms with Crippen LogP contribution in [0, 0.1) is 5.41 Å². The van der Waals surface area contributed by atoms with Crippen LogP contribution in [0.5, 0.6) is 0 Å². The van der Waals surface area contributed by atoms with Gasteiger partial charge in [0, 0.05) is 31.8 Å². The number of amides is 1. The summed E-state index contributed by atoms with van der Waals surface area (Å²) in [5.74, 6) is -0.945. The smallest absolute Gasteiger partial charge is 0.313 e. The van der Waals surface area contributed by atoms with Gasteiger partial charge < -0.3 is 19.3 Å². The molecule has 1 saturated heterocycles. The number of carboxylic acid groups (broad SMARTS) is 1. The van der Waals surface area contributed by atoms with Gasteiger partial charge in [0.05, 0.1) is 11.6 Å². The number of rotatable bonds is 5. The van der Waals surface area contributed by atoms with E-state index in [9.17, 15) is 14.7 Å². The lowest BCUT2D eigenvalue weighted by Crippen LogP contribution is -2.52. The molecule has 3 rings (SSSR count). The highest BCUT2D eigenvalue weighted by atomic mass is 35.5. The van der Waals surface area contributed by atoms with Crippen LogP contribution in [0.25, 0.3) is 11.3 Å². The average Bonchev–Trinajstić information content (AvgIpc) is 3.11. The molecule has 1 N–H and O–H groups in total. The normalized spacial score (nSPS) is 20.2. The molecule has 1 aromatic carbocycles. The van der Waals surface area contributed by atoms with E-state index in [2.05, 4.69) is 5.16 Å². The summed E-state index contributed by atoms with van der Waals surface area (Å²) in [7, 11) is 1.46. The van der Waals surface area contributed by atoms with Crippen LogP contribution in [0.15, 0.2) is 34.9 Å². The number of piperidine rings is 1. The predicted molar refractivity (Wildman–Crippen MR) is 94.0 cm³/mol. The fourth-order valence-electron chi connectivity index (χ4n) is 3.26. The topological polar surface area (TPSA) is 92.9 Å². The fourth-order valence-corrected chi connectivity index (χ4v) is 3.49. The predicted octanol–water partition coefficient (Wildman–Crippen LogP) is 2.95. The zero-order chi connectivity index (χ0) is 18.7. The molecule has 7 nitrogen and oxygen atoms in total. The van der Waals surface area contributed by atoms with Crippen molar-refractivity contribution in [2.45, 2.75) is 12.8 Å². The molecule has 0 aliphatic carbocycles. The van der Waals surface area contributed by atoms with Gasteiger partial charge in [0.2, 0.25) is 0 Å². The van der Waals surface area contributed by atoms with Crippen LogP contribution in [0.2, 0.25) is 5.02 Å². The Morgan fingerprint density at radius 2 is 2.19 bits per heavy atom. The van der Waals surface area contributed by atoms with E-state index in [-0.39, 0.29) is 24.8 Å². The lowest BCUT2D eigenvalue weighted by molar-refractivity contribution is -0.155. The van der Waals surface area contributed by atoms with Crippen LogP contribution >= 0.6 is 11.6 Å². The lowest BCUT2D eigenvalue weighted by Gasteiger charge is -2.39. The first kappa shape index (κ1) is 18.4. The molecule has 1 aromatic heterocycles. The highest BCUT2D eigenvalue weighted by Gasteiger charge is 2.44. The van der Waals surface area contributed by atoms with Gasteiger partial charge in [-0.3, -0.25) is 9.59 Å². The summed E-state index contributed by atoms with van der Waals surface area (Å²) in [5, 5.41) is 13.9. The highest BCUT2D eigenvalue weighted by molar-refractivity contribution is 6.33. The zero-order valence-corrected chi connectivity index (χ0v) is 15.0. The van der Waals surface area contributed by atoms with Crippen molar-refractivity contribution in [1.29, 1.82) is 0 Å². The van der Waals surface area contributed by atoms with E-state index in [0.717, 1.165) is 0 Å². The van der Waals surface area contributed by atoms with Crippen molar-refractivity contribution < 1.29 is 24.0 Å². The summed E-state index contributed by atoms with van der Waals surface area (Å²) in [5.41, 5.74) is -0.338. The maximum absolute atomic E-state index is 12.8. The van der Waals surface area contributed by atoms with E-state index < -0.39 is 11.4 Å². The van der Waals surface area contributed by atoms with Gasteiger partial charge >= 0.3 is 5.97 Å². The molecule has 0 radical (unpaired) electrons. The molecule has 1 atom stereocenters. The van der Waals surface area contributed by atoms with Gasteiger partial charge in [-0.15, -0.1) is 0 Å². The standard InChI is InChI=1S/C18H19ClN2O5/c1-25-11-18(17(23)24)7-4-8-21(10-18)16(22)14-9-15(26-20-14)12-5-2-3-6-13(12)19/h2-3,5-6,9H,4,7-8,10-11H2,1H3,(H,23,24). The SMILES string of the molecule is COCC1(C(=O)O)CCCN(C(=O)c2cc(-c3ccccc3Cl)on2)C1. The van der Waals surface area contributed by atoms with E-state index in [1.54, 1.807) is 18.2 Å². The van der Waals surface area contributed by atoms with Crippen molar-refractivity contribution in [3.8, 4) is 11.3 Å². The minimum Gasteiger partial charge on any atom is -0.481 e. The number of hydrogen-bond donors (Lipinski definition) is 1. The van der Waals surface area contributed by atoms with Gasteiger partial charge in [-0.25, -0.2) is 0 Å². The molecule has 1 aliphatic rings. The average molecular weight is 379 g/mol. The first-order valence-electron chi connectivity index (χ1n) is 8.20. The van der Waals surface area contributed by atoms with Crippen LogP contribution < -0.4 is 0 Å². The molecule has 0 bridgehead atoms. The number of carbonyl (C=O) groups is 2. The molecule has 1 fully saturated rings. The lowest BCUT2D eigenvalue weighted by atomic mass is 9.80. The molecular weight excluding hydrogens is 360 g/mol. The maximum Gasteiger partial charge on any atom is 0.313 e. The van der Waals surface area contributed by atoms with Crippen LogP contribution in [0.1, 0.15) is 23.3 Å². The second-order valence-corrected chi connectivity index (χ2v) is 6.81. The Balaban J connectivity index is 1.81. The Labute approximate surface area is 155 Å². The number of carboxylic acids is 1. The largest absolute Gasteiger partial charge is 0.481 e. The molecular formula is C18H19ClN2O5. The molecule has 0 spiro atoms. The summed E-state index contributed by atoms with van der Waals surface area (Å²) < 4.78 is 10.4. The van der Waals surface area contributed by atoms with E-state index in [1.165, 1.54) is 18.1 Å². The number of nitrogens with zero attached hydrogens (tertiary/aromatic N) is 2. The number of hydrogen-bond acceptors (Lipinski definition) is 5. The summed E-state index contributed by atoms with van der Waals surface area (Å²) >= 11 is 6.14. The van der Waals surface area contributed by atoms with Gasteiger partial charge in [0.1, 0.15) is 5.41 Å². The van der Waals surface area contributed by atoms with E-state index in [1.807, 2.05) is 6.07 Å². The molecule has 1 unspecified atom stereocenters. The number of likely N-dealkylation sites (tertiary alicyclic amines) is 1. The zero-order valence-electron chi connectivity index (χ0n) is 14.3. The monoisotopic (exact) mass is 378 g/mol. The summed E-state index contributed by atoms with van der Waals surface area (Å²) in [6.07, 6.45) is 1.04. The Morgan fingerprint density at radius 1 is 1.42 bits per heavy atom. The highest BCUT2D eigenvalue weighted by Crippen LogP contribution is 2.32. The fraction of sp³-hybridized carbons (Fsp3) is 0.389. The van der Waals surface area contributed by atoms with Crippen molar-refractivity contribution in [1.82, 2.24) is 10.1 Å². The second-order valence-electron chi connectivity index (χ2n) is 6.41. The number of halogens is 1. The molecule has 138 valence electrons. The molecule has 1 aliphatic heterocycles. The van der Waals surface area contributed by atoms with Crippen LogP contribution in [0.4, 0.5) is 0 Å². The van der Waals surface area contributed by atoms with E-state index in [4.69, 9.17) is 20.9 Å². The van der Waals surface area contributed by atoms with Gasteiger partial charge in [-0.2, -0.15) is 0 Å². The van der Waals surface area contributed by atoms with E-state index >= 15 is 0 Å². The summed E-state index contributed by atoms with van der Waals surface area (Å²) in [6.45, 7) is 0.588. The number of methoxy groups -OCH3 is 1. The third-order valence-electron chi connectivity index (χ3n) is 4.61. The summed E-state index contributed by atoms with van der Waals surface area (Å²) in [6, 6.07) is 8.62. The van der Waals surface area contributed by atoms with Gasteiger partial charge in [0.15, 0.2) is 11.5 Å². The van der Waals surface area contributed by atoms with Crippen molar-refractivity contribution >= 4 is 23.5 Å². The maximum atomic E-state index is 12.8. The molecule has 8 heteroatoms. The Hall–Kier alpha value is -2.38. The van der Waals surface area contributed by atoms with Gasteiger partial charge in [-0.05, 0) is 25.0 Å². The molecule has 26 heavy (non-hydrogen) atoms. The number of aliphatic carboxylic acids is 1. The molecule has 1 amide bonds. The quantitative estimate of drug-likeness (QED) is 0.859. The number of aromatic nitrogens is 1. The van der Waals surface area contributed by atoms with Crippen LogP contribution in [0.3, 0.4) is 0 Å². The van der Waals surface area contributed by atoms with Gasteiger partial charge in [-0.1, -0.05) is 28.9 Å². The Kier molecular flexibility index (Phi) is 5.29. The molecule has 2 heterocycles. The molecule has 0 saturated carbocycles. The van der Waals surface area contributed by atoms with Crippen molar-refractivity contribution in [2.24, 2.45) is 5.41 Å². The Morgan fingerprint density at radius 3 is 2.88 bits per heavy atom. The number of ether oxygens (including phenoxy) is 1. The Bertz CT molecular complexity index is 817. The van der Waals surface area contributed by atoms with Gasteiger partial charge in [0.25, 0.3) is 5.91 Å².